The number of nitrogens with zero attached hydrogens (tertiary/aromatic N) is 2. The van der Waals surface area contributed by atoms with Crippen molar-refractivity contribution in [2.75, 3.05) is 19.0 Å². The molecule has 0 bridgehead atoms. The molecule has 0 radical (unpaired) electrons. The summed E-state index contributed by atoms with van der Waals surface area (Å²) in [6.07, 6.45) is -3.33. The van der Waals surface area contributed by atoms with E-state index in [2.05, 4.69) is 15.0 Å². The average molecular weight is 381 g/mol. The molecule has 1 N–H and O–H groups in total. The summed E-state index contributed by atoms with van der Waals surface area (Å²) in [5.41, 5.74) is 1.52. The van der Waals surface area contributed by atoms with E-state index in [1.807, 2.05) is 6.07 Å². The number of carbonyl (C=O) groups excluding carboxylic acids is 2. The third-order valence-corrected chi connectivity index (χ3v) is 3.52. The van der Waals surface area contributed by atoms with Crippen LogP contribution in [0.25, 0.3) is 0 Å². The van der Waals surface area contributed by atoms with Gasteiger partial charge in [0.1, 0.15) is 0 Å². The van der Waals surface area contributed by atoms with Gasteiger partial charge in [-0.2, -0.15) is 13.2 Å². The number of carbonyl (C=O) groups is 2. The Hall–Kier alpha value is -3.10. The molecule has 2 rings (SSSR count). The molecule has 6 nitrogen and oxygen atoms in total. The fourth-order valence-corrected chi connectivity index (χ4v) is 2.09. The third-order valence-electron chi connectivity index (χ3n) is 3.52. The zero-order valence-corrected chi connectivity index (χ0v) is 14.7. The van der Waals surface area contributed by atoms with E-state index in [0.717, 1.165) is 11.8 Å². The maximum absolute atomic E-state index is 12.2. The molecule has 0 saturated carbocycles. The largest absolute Gasteiger partial charge is 0.468 e. The van der Waals surface area contributed by atoms with Crippen LogP contribution in [0, 0.1) is 0 Å². The molecule has 0 aliphatic rings. The molecule has 27 heavy (non-hydrogen) atoms. The maximum atomic E-state index is 12.2. The van der Waals surface area contributed by atoms with Crippen LogP contribution in [0.1, 0.15) is 22.8 Å². The van der Waals surface area contributed by atoms with E-state index in [1.54, 1.807) is 25.2 Å². The van der Waals surface area contributed by atoms with E-state index in [-0.39, 0.29) is 17.4 Å². The molecular formula is C18H18F3N3O3. The summed E-state index contributed by atoms with van der Waals surface area (Å²) in [5.74, 6) is -0.775. The highest BCUT2D eigenvalue weighted by Crippen LogP contribution is 2.18. The van der Waals surface area contributed by atoms with Crippen molar-refractivity contribution in [3.8, 4) is 5.88 Å². The molecule has 0 aliphatic carbocycles. The first-order valence-electron chi connectivity index (χ1n) is 7.91. The summed E-state index contributed by atoms with van der Waals surface area (Å²) < 4.78 is 40.8. The normalized spacial score (nSPS) is 11.0. The number of amides is 2. The first kappa shape index (κ1) is 20.2. The van der Waals surface area contributed by atoms with Gasteiger partial charge < -0.3 is 15.0 Å². The lowest BCUT2D eigenvalue weighted by atomic mass is 10.2. The van der Waals surface area contributed by atoms with Crippen molar-refractivity contribution in [3.63, 3.8) is 0 Å². The van der Waals surface area contributed by atoms with E-state index in [1.165, 1.54) is 24.0 Å². The van der Waals surface area contributed by atoms with Gasteiger partial charge in [-0.1, -0.05) is 12.1 Å². The zero-order valence-electron chi connectivity index (χ0n) is 14.7. The Kier molecular flexibility index (Phi) is 6.38. The van der Waals surface area contributed by atoms with Gasteiger partial charge in [0.15, 0.2) is 6.61 Å². The van der Waals surface area contributed by atoms with Gasteiger partial charge in [-0.25, -0.2) is 4.98 Å². The van der Waals surface area contributed by atoms with Crippen molar-refractivity contribution in [1.29, 1.82) is 0 Å². The topological polar surface area (TPSA) is 71.5 Å². The maximum Gasteiger partial charge on any atom is 0.422 e. The standard InChI is InChI=1S/C18H18F3N3O3/c1-12(25)24(2)10-13-4-3-5-15(8-13)23-17(26)14-6-7-16(22-9-14)27-11-18(19,20)21/h3-9H,10-11H2,1-2H3,(H,23,26). The molecule has 0 atom stereocenters. The second kappa shape index (κ2) is 8.52. The first-order chi connectivity index (χ1) is 12.6. The predicted molar refractivity (Wildman–Crippen MR) is 92.3 cm³/mol. The lowest BCUT2D eigenvalue weighted by Crippen LogP contribution is -2.23. The lowest BCUT2D eigenvalue weighted by Gasteiger charge is -2.15. The minimum absolute atomic E-state index is 0.0802. The van der Waals surface area contributed by atoms with Gasteiger partial charge in [-0.3, -0.25) is 9.59 Å². The minimum Gasteiger partial charge on any atom is -0.468 e. The summed E-state index contributed by atoms with van der Waals surface area (Å²) in [6, 6.07) is 9.49. The smallest absolute Gasteiger partial charge is 0.422 e. The molecule has 1 heterocycles. The van der Waals surface area contributed by atoms with Crippen molar-refractivity contribution in [2.45, 2.75) is 19.6 Å². The van der Waals surface area contributed by atoms with E-state index < -0.39 is 18.7 Å². The van der Waals surface area contributed by atoms with Crippen molar-refractivity contribution >= 4 is 17.5 Å². The molecule has 0 unspecified atom stereocenters. The molecule has 144 valence electrons. The number of halogens is 3. The predicted octanol–water partition coefficient (Wildman–Crippen LogP) is 3.25. The summed E-state index contributed by atoms with van der Waals surface area (Å²) in [6.45, 7) is 0.402. The Morgan fingerprint density at radius 3 is 2.56 bits per heavy atom. The van der Waals surface area contributed by atoms with E-state index in [0.29, 0.717) is 12.2 Å². The highest BCUT2D eigenvalue weighted by molar-refractivity contribution is 6.04. The number of ether oxygens (including phenoxy) is 1. The molecule has 1 aromatic carbocycles. The zero-order chi connectivity index (χ0) is 20.0. The van der Waals surface area contributed by atoms with Crippen LogP contribution in [0.2, 0.25) is 0 Å². The number of rotatable bonds is 6. The van der Waals surface area contributed by atoms with Crippen LogP contribution in [0.15, 0.2) is 42.6 Å². The van der Waals surface area contributed by atoms with Gasteiger partial charge in [0.05, 0.1) is 5.56 Å². The minimum atomic E-state index is -4.46. The number of hydrogen-bond donors (Lipinski definition) is 1. The van der Waals surface area contributed by atoms with E-state index >= 15 is 0 Å². The number of benzene rings is 1. The van der Waals surface area contributed by atoms with Crippen molar-refractivity contribution in [1.82, 2.24) is 9.88 Å². The van der Waals surface area contributed by atoms with Crippen LogP contribution < -0.4 is 10.1 Å². The Morgan fingerprint density at radius 1 is 1.22 bits per heavy atom. The Bertz CT molecular complexity index is 807. The molecule has 0 fully saturated rings. The quantitative estimate of drug-likeness (QED) is 0.834. The molecule has 2 aromatic rings. The Balaban J connectivity index is 1.99. The van der Waals surface area contributed by atoms with Gasteiger partial charge in [-0.15, -0.1) is 0 Å². The summed E-state index contributed by atoms with van der Waals surface area (Å²) >= 11 is 0. The van der Waals surface area contributed by atoms with Gasteiger partial charge in [-0.05, 0) is 23.8 Å². The molecule has 2 amide bonds. The van der Waals surface area contributed by atoms with E-state index in [9.17, 15) is 22.8 Å². The number of nitrogens with one attached hydrogen (secondary N) is 1. The van der Waals surface area contributed by atoms with Gasteiger partial charge in [0, 0.05) is 38.5 Å². The van der Waals surface area contributed by atoms with Crippen molar-refractivity contribution < 1.29 is 27.5 Å². The van der Waals surface area contributed by atoms with Gasteiger partial charge >= 0.3 is 6.18 Å². The Morgan fingerprint density at radius 2 is 1.96 bits per heavy atom. The van der Waals surface area contributed by atoms with Crippen LogP contribution in [0.4, 0.5) is 18.9 Å². The lowest BCUT2D eigenvalue weighted by molar-refractivity contribution is -0.154. The number of pyridine rings is 1. The van der Waals surface area contributed by atoms with Crippen molar-refractivity contribution in [3.05, 3.63) is 53.7 Å². The Labute approximate surface area is 154 Å². The molecular weight excluding hydrogens is 363 g/mol. The monoisotopic (exact) mass is 381 g/mol. The van der Waals surface area contributed by atoms with Crippen LogP contribution in [-0.2, 0) is 11.3 Å². The SMILES string of the molecule is CC(=O)N(C)Cc1cccc(NC(=O)c2ccc(OCC(F)(F)F)nc2)c1. The van der Waals surface area contributed by atoms with E-state index in [4.69, 9.17) is 0 Å². The van der Waals surface area contributed by atoms with Crippen LogP contribution in [-0.4, -0.2) is 41.5 Å². The molecule has 0 spiro atoms. The van der Waals surface area contributed by atoms with Crippen LogP contribution in [0.5, 0.6) is 5.88 Å². The van der Waals surface area contributed by atoms with Gasteiger partial charge in [0.2, 0.25) is 11.8 Å². The highest BCUT2D eigenvalue weighted by Gasteiger charge is 2.28. The number of alkyl halides is 3. The number of aromatic nitrogens is 1. The summed E-state index contributed by atoms with van der Waals surface area (Å²) in [4.78, 5) is 28.8. The molecule has 9 heteroatoms. The fraction of sp³-hybridized carbons (Fsp3) is 0.278. The van der Waals surface area contributed by atoms with Gasteiger partial charge in [0.25, 0.3) is 5.91 Å². The average Bonchev–Trinajstić information content (AvgIpc) is 2.60. The second-order valence-electron chi connectivity index (χ2n) is 5.82. The third kappa shape index (κ3) is 6.61. The molecule has 0 aliphatic heterocycles. The summed E-state index contributed by atoms with van der Waals surface area (Å²) in [5, 5.41) is 2.67. The molecule has 1 aromatic heterocycles. The summed E-state index contributed by atoms with van der Waals surface area (Å²) in [7, 11) is 1.67. The fourth-order valence-electron chi connectivity index (χ4n) is 2.09. The first-order valence-corrected chi connectivity index (χ1v) is 7.91. The van der Waals surface area contributed by atoms with Crippen molar-refractivity contribution in [2.24, 2.45) is 0 Å². The van der Waals surface area contributed by atoms with Crippen LogP contribution >= 0.6 is 0 Å². The second-order valence-corrected chi connectivity index (χ2v) is 5.82. The number of hydrogen-bond acceptors (Lipinski definition) is 4. The van der Waals surface area contributed by atoms with Crippen LogP contribution in [0.3, 0.4) is 0 Å². The molecule has 0 saturated heterocycles. The highest BCUT2D eigenvalue weighted by atomic mass is 19.4. The number of anilines is 1.